The molecule has 1 aromatic heterocycles. The minimum absolute atomic E-state index is 0.225. The summed E-state index contributed by atoms with van der Waals surface area (Å²) in [5, 5.41) is 2.84. The van der Waals surface area contributed by atoms with E-state index in [0.29, 0.717) is 5.69 Å². The van der Waals surface area contributed by atoms with Crippen molar-refractivity contribution in [1.82, 2.24) is 15.3 Å². The predicted molar refractivity (Wildman–Crippen MR) is 85.1 cm³/mol. The summed E-state index contributed by atoms with van der Waals surface area (Å²) in [5.41, 5.74) is 7.02. The second kappa shape index (κ2) is 7.99. The van der Waals surface area contributed by atoms with E-state index in [4.69, 9.17) is 22.1 Å². The smallest absolute Gasteiger partial charge is 0.407 e. The van der Waals surface area contributed by atoms with Crippen molar-refractivity contribution in [2.24, 2.45) is 0 Å². The third-order valence-corrected chi connectivity index (χ3v) is 2.83. The van der Waals surface area contributed by atoms with Gasteiger partial charge in [0.15, 0.2) is 0 Å². The fourth-order valence-corrected chi connectivity index (χ4v) is 1.74. The second-order valence-corrected chi connectivity index (χ2v) is 4.70. The van der Waals surface area contributed by atoms with Gasteiger partial charge in [0.1, 0.15) is 23.3 Å². The second-order valence-electron chi connectivity index (χ2n) is 4.31. The Labute approximate surface area is 133 Å². The van der Waals surface area contributed by atoms with E-state index in [9.17, 15) is 4.79 Å². The van der Waals surface area contributed by atoms with Gasteiger partial charge < -0.3 is 15.8 Å². The number of nitrogen functional groups attached to an aromatic ring is 1. The van der Waals surface area contributed by atoms with Crippen LogP contribution >= 0.6 is 11.6 Å². The van der Waals surface area contributed by atoms with Gasteiger partial charge in [-0.2, -0.15) is 0 Å². The third-order valence-electron chi connectivity index (χ3n) is 2.65. The number of anilines is 1. The van der Waals surface area contributed by atoms with Crippen LogP contribution in [0.25, 0.3) is 6.08 Å². The van der Waals surface area contributed by atoms with E-state index in [1.54, 1.807) is 12.2 Å². The minimum atomic E-state index is -0.501. The molecule has 0 spiro atoms. The van der Waals surface area contributed by atoms with Gasteiger partial charge in [-0.3, -0.25) is 0 Å². The van der Waals surface area contributed by atoms with E-state index >= 15 is 0 Å². The predicted octanol–water partition coefficient (Wildman–Crippen LogP) is 2.65. The van der Waals surface area contributed by atoms with Crippen molar-refractivity contribution < 1.29 is 9.53 Å². The van der Waals surface area contributed by atoms with Gasteiger partial charge in [0, 0.05) is 6.54 Å². The van der Waals surface area contributed by atoms with E-state index in [2.05, 4.69) is 15.3 Å². The molecular weight excluding hydrogens is 304 g/mol. The Morgan fingerprint density at radius 3 is 2.91 bits per heavy atom. The standard InChI is InChI=1S/C15H15ClN4O2/c16-13-9-19-14(17)12(20-13)7-4-8-18-15(21)22-10-11-5-2-1-3-6-11/h1-7,9H,8,10H2,(H2,17,19)(H,18,21). The number of halogens is 1. The zero-order valence-corrected chi connectivity index (χ0v) is 12.5. The fourth-order valence-electron chi connectivity index (χ4n) is 1.60. The lowest BCUT2D eigenvalue weighted by molar-refractivity contribution is 0.141. The molecule has 0 saturated carbocycles. The average molecular weight is 319 g/mol. The molecule has 2 rings (SSSR count). The molecule has 2 aromatic rings. The lowest BCUT2D eigenvalue weighted by Gasteiger charge is -2.05. The highest BCUT2D eigenvalue weighted by Crippen LogP contribution is 2.10. The molecule has 0 saturated heterocycles. The molecule has 6 nitrogen and oxygen atoms in total. The molecular formula is C15H15ClN4O2. The van der Waals surface area contributed by atoms with Gasteiger partial charge in [-0.15, -0.1) is 0 Å². The van der Waals surface area contributed by atoms with Crippen LogP contribution in [-0.2, 0) is 11.3 Å². The van der Waals surface area contributed by atoms with Gasteiger partial charge in [-0.25, -0.2) is 14.8 Å². The number of rotatable bonds is 5. The number of hydrogen-bond acceptors (Lipinski definition) is 5. The molecule has 0 radical (unpaired) electrons. The van der Waals surface area contributed by atoms with Crippen molar-refractivity contribution in [2.45, 2.75) is 6.61 Å². The van der Waals surface area contributed by atoms with Crippen molar-refractivity contribution in [1.29, 1.82) is 0 Å². The van der Waals surface area contributed by atoms with Crippen LogP contribution in [0.4, 0.5) is 10.6 Å². The van der Waals surface area contributed by atoms with Gasteiger partial charge in [-0.05, 0) is 11.6 Å². The number of aromatic nitrogens is 2. The largest absolute Gasteiger partial charge is 0.445 e. The van der Waals surface area contributed by atoms with E-state index in [1.165, 1.54) is 6.20 Å². The maximum atomic E-state index is 11.5. The molecule has 1 aromatic carbocycles. The van der Waals surface area contributed by atoms with Gasteiger partial charge in [-0.1, -0.05) is 48.0 Å². The van der Waals surface area contributed by atoms with E-state index in [1.807, 2.05) is 30.3 Å². The highest BCUT2D eigenvalue weighted by Gasteiger charge is 2.01. The van der Waals surface area contributed by atoms with Crippen LogP contribution < -0.4 is 11.1 Å². The van der Waals surface area contributed by atoms with Crippen molar-refractivity contribution in [3.05, 3.63) is 59.0 Å². The first-order valence-electron chi connectivity index (χ1n) is 6.54. The summed E-state index contributed by atoms with van der Waals surface area (Å²) in [6.45, 7) is 0.504. The molecule has 114 valence electrons. The van der Waals surface area contributed by atoms with Gasteiger partial charge in [0.05, 0.1) is 6.20 Å². The van der Waals surface area contributed by atoms with Crippen LogP contribution in [0.3, 0.4) is 0 Å². The number of ether oxygens (including phenoxy) is 1. The molecule has 22 heavy (non-hydrogen) atoms. The molecule has 1 heterocycles. The highest BCUT2D eigenvalue weighted by atomic mass is 35.5. The number of alkyl carbamates (subject to hydrolysis) is 1. The lowest BCUT2D eigenvalue weighted by Crippen LogP contribution is -2.24. The summed E-state index contributed by atoms with van der Waals surface area (Å²) in [5.74, 6) is 0.271. The van der Waals surface area contributed by atoms with Crippen molar-refractivity contribution in [3.63, 3.8) is 0 Å². The molecule has 0 bridgehead atoms. The van der Waals surface area contributed by atoms with Crippen LogP contribution in [-0.4, -0.2) is 22.6 Å². The first-order chi connectivity index (χ1) is 10.6. The van der Waals surface area contributed by atoms with Crippen LogP contribution in [0.5, 0.6) is 0 Å². The zero-order chi connectivity index (χ0) is 15.8. The molecule has 3 N–H and O–H groups in total. The number of benzene rings is 1. The Kier molecular flexibility index (Phi) is 5.73. The Balaban J connectivity index is 1.75. The Morgan fingerprint density at radius 1 is 1.36 bits per heavy atom. The van der Waals surface area contributed by atoms with Crippen LogP contribution in [0.15, 0.2) is 42.6 Å². The fraction of sp³-hybridized carbons (Fsp3) is 0.133. The Hall–Kier alpha value is -2.60. The summed E-state index contributed by atoms with van der Waals surface area (Å²) in [6, 6.07) is 9.44. The Bertz CT molecular complexity index is 662. The van der Waals surface area contributed by atoms with Crippen LogP contribution in [0.1, 0.15) is 11.3 Å². The Morgan fingerprint density at radius 2 is 2.14 bits per heavy atom. The third kappa shape index (κ3) is 5.06. The molecule has 0 atom stereocenters. The summed E-state index contributed by atoms with van der Waals surface area (Å²) < 4.78 is 5.07. The number of carbonyl (C=O) groups excluding carboxylic acids is 1. The number of carbonyl (C=O) groups is 1. The number of nitrogens with two attached hydrogens (primary N) is 1. The van der Waals surface area contributed by atoms with Crippen LogP contribution in [0.2, 0.25) is 5.15 Å². The van der Waals surface area contributed by atoms with Crippen molar-refractivity contribution in [3.8, 4) is 0 Å². The average Bonchev–Trinajstić information content (AvgIpc) is 2.53. The minimum Gasteiger partial charge on any atom is -0.445 e. The maximum absolute atomic E-state index is 11.5. The van der Waals surface area contributed by atoms with Gasteiger partial charge in [0.25, 0.3) is 0 Å². The van der Waals surface area contributed by atoms with Crippen molar-refractivity contribution >= 4 is 29.6 Å². The molecule has 7 heteroatoms. The zero-order valence-electron chi connectivity index (χ0n) is 11.7. The summed E-state index contributed by atoms with van der Waals surface area (Å²) in [7, 11) is 0. The number of nitrogens with one attached hydrogen (secondary N) is 1. The summed E-state index contributed by atoms with van der Waals surface area (Å²) >= 11 is 5.73. The quantitative estimate of drug-likeness (QED) is 0.884. The summed E-state index contributed by atoms with van der Waals surface area (Å²) in [6.07, 6.45) is 4.18. The summed E-state index contributed by atoms with van der Waals surface area (Å²) in [4.78, 5) is 19.4. The van der Waals surface area contributed by atoms with E-state index in [-0.39, 0.29) is 24.1 Å². The van der Waals surface area contributed by atoms with Crippen LogP contribution in [0, 0.1) is 0 Å². The van der Waals surface area contributed by atoms with E-state index in [0.717, 1.165) is 5.56 Å². The molecule has 0 aliphatic rings. The molecule has 0 fully saturated rings. The number of hydrogen-bond donors (Lipinski definition) is 2. The first-order valence-corrected chi connectivity index (χ1v) is 6.92. The SMILES string of the molecule is Nc1ncc(Cl)nc1C=CCNC(=O)OCc1ccccc1. The van der Waals surface area contributed by atoms with E-state index < -0.39 is 6.09 Å². The number of nitrogens with zero attached hydrogens (tertiary/aromatic N) is 2. The monoisotopic (exact) mass is 318 g/mol. The highest BCUT2D eigenvalue weighted by molar-refractivity contribution is 6.29. The molecule has 0 unspecified atom stereocenters. The molecule has 0 aliphatic carbocycles. The lowest BCUT2D eigenvalue weighted by atomic mass is 10.2. The van der Waals surface area contributed by atoms with Crippen molar-refractivity contribution in [2.75, 3.05) is 12.3 Å². The van der Waals surface area contributed by atoms with Gasteiger partial charge >= 0.3 is 6.09 Å². The molecule has 1 amide bonds. The maximum Gasteiger partial charge on any atom is 0.407 e. The normalized spacial score (nSPS) is 10.6. The van der Waals surface area contributed by atoms with Gasteiger partial charge in [0.2, 0.25) is 0 Å². The topological polar surface area (TPSA) is 90.1 Å². The number of amides is 1. The molecule has 0 aliphatic heterocycles. The first kappa shape index (κ1) is 15.8.